The Kier molecular flexibility index (Phi) is 2.99. The highest BCUT2D eigenvalue weighted by Gasteiger charge is 2.28. The Labute approximate surface area is 87.4 Å². The Balaban J connectivity index is 1.96. The monoisotopic (exact) mass is 208 g/mol. The number of benzene rings is 1. The van der Waals surface area contributed by atoms with Crippen molar-refractivity contribution in [2.24, 2.45) is 0 Å². The van der Waals surface area contributed by atoms with Gasteiger partial charge in [0.1, 0.15) is 0 Å². The fourth-order valence-corrected chi connectivity index (χ4v) is 1.53. The molecule has 1 saturated heterocycles. The lowest BCUT2D eigenvalue weighted by Crippen LogP contribution is -2.15. The predicted molar refractivity (Wildman–Crippen MR) is 52.3 cm³/mol. The quantitative estimate of drug-likeness (QED) is 0.819. The molecule has 1 aliphatic rings. The fraction of sp³-hybridized carbons (Fsp3) is 0.364. The number of carboxylic acids is 1. The molecule has 1 aliphatic heterocycles. The molecular formula is C11H12O4. The van der Waals surface area contributed by atoms with Crippen molar-refractivity contribution < 1.29 is 19.4 Å². The van der Waals surface area contributed by atoms with Crippen molar-refractivity contribution in [3.05, 3.63) is 35.9 Å². The van der Waals surface area contributed by atoms with Crippen molar-refractivity contribution in [2.75, 3.05) is 6.61 Å². The van der Waals surface area contributed by atoms with Crippen LogP contribution in [0, 0.1) is 0 Å². The van der Waals surface area contributed by atoms with Crippen LogP contribution in [0.4, 0.5) is 0 Å². The lowest BCUT2D eigenvalue weighted by atomic mass is 10.2. The minimum atomic E-state index is -0.864. The maximum Gasteiger partial charge on any atom is 0.306 e. The van der Waals surface area contributed by atoms with Gasteiger partial charge in [-0.25, -0.2) is 0 Å². The number of aliphatic carboxylic acids is 1. The molecule has 4 nitrogen and oxygen atoms in total. The third-order valence-corrected chi connectivity index (χ3v) is 2.22. The van der Waals surface area contributed by atoms with Gasteiger partial charge in [-0.2, -0.15) is 0 Å². The summed E-state index contributed by atoms with van der Waals surface area (Å²) in [7, 11) is 0. The summed E-state index contributed by atoms with van der Waals surface area (Å²) < 4.78 is 10.8. The van der Waals surface area contributed by atoms with E-state index in [0.717, 1.165) is 5.56 Å². The van der Waals surface area contributed by atoms with Crippen molar-refractivity contribution in [3.8, 4) is 0 Å². The molecule has 80 valence electrons. The van der Waals surface area contributed by atoms with Gasteiger partial charge >= 0.3 is 5.97 Å². The smallest absolute Gasteiger partial charge is 0.306 e. The molecule has 0 amide bonds. The van der Waals surface area contributed by atoms with Crippen molar-refractivity contribution >= 4 is 5.97 Å². The van der Waals surface area contributed by atoms with E-state index in [9.17, 15) is 4.79 Å². The first-order valence-corrected chi connectivity index (χ1v) is 4.79. The topological polar surface area (TPSA) is 55.8 Å². The van der Waals surface area contributed by atoms with Gasteiger partial charge < -0.3 is 14.6 Å². The van der Waals surface area contributed by atoms with Gasteiger partial charge in [0.2, 0.25) is 0 Å². The minimum Gasteiger partial charge on any atom is -0.481 e. The van der Waals surface area contributed by atoms with Crippen molar-refractivity contribution in [1.29, 1.82) is 0 Å². The molecule has 0 aromatic heterocycles. The molecule has 2 rings (SSSR count). The van der Waals surface area contributed by atoms with Gasteiger partial charge in [-0.3, -0.25) is 4.79 Å². The minimum absolute atomic E-state index is 0.0106. The van der Waals surface area contributed by atoms with Gasteiger partial charge in [0.25, 0.3) is 0 Å². The van der Waals surface area contributed by atoms with Crippen LogP contribution in [-0.2, 0) is 14.3 Å². The Morgan fingerprint density at radius 3 is 2.80 bits per heavy atom. The summed E-state index contributed by atoms with van der Waals surface area (Å²) in [6, 6.07) is 9.49. The third kappa shape index (κ3) is 2.55. The summed E-state index contributed by atoms with van der Waals surface area (Å²) in [4.78, 5) is 10.5. The van der Waals surface area contributed by atoms with Crippen LogP contribution in [0.5, 0.6) is 0 Å². The molecule has 1 aromatic carbocycles. The molecule has 0 saturated carbocycles. The van der Waals surface area contributed by atoms with E-state index in [1.165, 1.54) is 0 Å². The molecule has 0 spiro atoms. The largest absolute Gasteiger partial charge is 0.481 e. The average molecular weight is 208 g/mol. The zero-order chi connectivity index (χ0) is 10.7. The van der Waals surface area contributed by atoms with E-state index in [1.54, 1.807) is 0 Å². The number of hydrogen-bond donors (Lipinski definition) is 1. The van der Waals surface area contributed by atoms with E-state index in [4.69, 9.17) is 14.6 Å². The maximum absolute atomic E-state index is 10.5. The van der Waals surface area contributed by atoms with E-state index in [1.807, 2.05) is 30.3 Å². The zero-order valence-electron chi connectivity index (χ0n) is 8.13. The SMILES string of the molecule is O=C(O)C[C@@H]1CO[C@@H](c2ccccc2)O1. The third-order valence-electron chi connectivity index (χ3n) is 2.22. The maximum atomic E-state index is 10.5. The Morgan fingerprint density at radius 1 is 1.40 bits per heavy atom. The first kappa shape index (κ1) is 10.1. The zero-order valence-corrected chi connectivity index (χ0v) is 8.13. The number of carboxylic acid groups (broad SMARTS) is 1. The first-order chi connectivity index (χ1) is 7.25. The fourth-order valence-electron chi connectivity index (χ4n) is 1.53. The highest BCUT2D eigenvalue weighted by atomic mass is 16.7. The van der Waals surface area contributed by atoms with Gasteiger partial charge in [-0.05, 0) is 0 Å². The molecule has 15 heavy (non-hydrogen) atoms. The van der Waals surface area contributed by atoms with Crippen LogP contribution in [0.1, 0.15) is 18.3 Å². The van der Waals surface area contributed by atoms with Crippen LogP contribution in [0.2, 0.25) is 0 Å². The van der Waals surface area contributed by atoms with Crippen LogP contribution in [0.15, 0.2) is 30.3 Å². The van der Waals surface area contributed by atoms with Crippen LogP contribution in [-0.4, -0.2) is 23.8 Å². The number of rotatable bonds is 3. The molecule has 0 aliphatic carbocycles. The second-order valence-electron chi connectivity index (χ2n) is 3.43. The lowest BCUT2D eigenvalue weighted by Gasteiger charge is -2.10. The van der Waals surface area contributed by atoms with Gasteiger partial charge in [0.15, 0.2) is 6.29 Å². The van der Waals surface area contributed by atoms with E-state index >= 15 is 0 Å². The van der Waals surface area contributed by atoms with Gasteiger partial charge in [0.05, 0.1) is 19.1 Å². The molecule has 2 atom stereocenters. The van der Waals surface area contributed by atoms with E-state index < -0.39 is 12.3 Å². The summed E-state index contributed by atoms with van der Waals surface area (Å²) in [6.45, 7) is 0.339. The van der Waals surface area contributed by atoms with Gasteiger partial charge in [-0.15, -0.1) is 0 Å². The van der Waals surface area contributed by atoms with Gasteiger partial charge in [-0.1, -0.05) is 30.3 Å². The van der Waals surface area contributed by atoms with Crippen molar-refractivity contribution in [2.45, 2.75) is 18.8 Å². The Bertz CT molecular complexity index is 336. The highest BCUT2D eigenvalue weighted by Crippen LogP contribution is 2.27. The number of hydrogen-bond acceptors (Lipinski definition) is 3. The average Bonchev–Trinajstić information content (AvgIpc) is 2.67. The molecule has 0 radical (unpaired) electrons. The van der Waals surface area contributed by atoms with E-state index in [2.05, 4.69) is 0 Å². The number of ether oxygens (including phenoxy) is 2. The van der Waals surface area contributed by atoms with Gasteiger partial charge in [0, 0.05) is 5.56 Å². The van der Waals surface area contributed by atoms with Crippen LogP contribution < -0.4 is 0 Å². The Morgan fingerprint density at radius 2 is 2.13 bits per heavy atom. The van der Waals surface area contributed by atoms with Crippen LogP contribution in [0.3, 0.4) is 0 Å². The van der Waals surface area contributed by atoms with Crippen molar-refractivity contribution in [3.63, 3.8) is 0 Å². The molecule has 0 unspecified atom stereocenters. The summed E-state index contributed by atoms with van der Waals surface area (Å²) >= 11 is 0. The predicted octanol–water partition coefficient (Wildman–Crippen LogP) is 1.58. The normalized spacial score (nSPS) is 25.3. The van der Waals surface area contributed by atoms with Crippen molar-refractivity contribution in [1.82, 2.24) is 0 Å². The molecular weight excluding hydrogens is 196 g/mol. The highest BCUT2D eigenvalue weighted by molar-refractivity contribution is 5.67. The second kappa shape index (κ2) is 4.42. The molecule has 1 N–H and O–H groups in total. The molecule has 4 heteroatoms. The summed E-state index contributed by atoms with van der Waals surface area (Å²) in [5.74, 6) is -0.864. The second-order valence-corrected chi connectivity index (χ2v) is 3.43. The standard InChI is InChI=1S/C11H12O4/c12-10(13)6-9-7-14-11(15-9)8-4-2-1-3-5-8/h1-5,9,11H,6-7H2,(H,12,13)/t9-,11-/m1/s1. The molecule has 1 heterocycles. The Hall–Kier alpha value is -1.39. The summed E-state index contributed by atoms with van der Waals surface area (Å²) in [5, 5.41) is 8.60. The molecule has 1 aromatic rings. The van der Waals surface area contributed by atoms with Crippen LogP contribution in [0.25, 0.3) is 0 Å². The van der Waals surface area contributed by atoms with E-state index in [-0.39, 0.29) is 12.5 Å². The molecule has 1 fully saturated rings. The number of carbonyl (C=O) groups is 1. The first-order valence-electron chi connectivity index (χ1n) is 4.79. The van der Waals surface area contributed by atoms with E-state index in [0.29, 0.717) is 6.61 Å². The van der Waals surface area contributed by atoms with Crippen LogP contribution >= 0.6 is 0 Å². The summed E-state index contributed by atoms with van der Waals surface area (Å²) in [5.41, 5.74) is 0.922. The molecule has 0 bridgehead atoms. The summed E-state index contributed by atoms with van der Waals surface area (Å²) in [6.07, 6.45) is -0.771. The lowest BCUT2D eigenvalue weighted by molar-refractivity contribution is -0.140.